The van der Waals surface area contributed by atoms with E-state index in [1.807, 2.05) is 18.7 Å². The molecule has 1 aliphatic heterocycles. The summed E-state index contributed by atoms with van der Waals surface area (Å²) in [5.74, 6) is 0.748. The second kappa shape index (κ2) is 5.89. The lowest BCUT2D eigenvalue weighted by molar-refractivity contribution is -0.138. The van der Waals surface area contributed by atoms with Crippen molar-refractivity contribution in [1.82, 2.24) is 4.90 Å². The van der Waals surface area contributed by atoms with E-state index >= 15 is 0 Å². The number of ketones is 1. The summed E-state index contributed by atoms with van der Waals surface area (Å²) in [4.78, 5) is 24.7. The number of amides is 1. The molecule has 0 aromatic rings. The summed E-state index contributed by atoms with van der Waals surface area (Å²) in [6.07, 6.45) is 4.18. The van der Waals surface area contributed by atoms with Crippen LogP contribution in [0.5, 0.6) is 0 Å². The molecule has 0 aliphatic carbocycles. The molecule has 1 heterocycles. The number of carbonyl (C=O) groups is 2. The third kappa shape index (κ3) is 3.65. The van der Waals surface area contributed by atoms with Crippen LogP contribution in [0, 0.1) is 5.92 Å². The molecule has 0 N–H and O–H groups in total. The van der Waals surface area contributed by atoms with E-state index in [9.17, 15) is 9.59 Å². The minimum absolute atomic E-state index is 0.181. The van der Waals surface area contributed by atoms with E-state index in [-0.39, 0.29) is 11.8 Å². The Balaban J connectivity index is 2.25. The van der Waals surface area contributed by atoms with Crippen molar-refractivity contribution in [1.29, 1.82) is 0 Å². The Morgan fingerprint density at radius 2 is 2.27 bits per heavy atom. The topological polar surface area (TPSA) is 37.4 Å². The van der Waals surface area contributed by atoms with Crippen LogP contribution in [-0.4, -0.2) is 29.7 Å². The molecule has 1 unspecified atom stereocenters. The monoisotopic (exact) mass is 211 g/mol. The molecule has 0 bridgehead atoms. The van der Waals surface area contributed by atoms with Gasteiger partial charge in [0.05, 0.1) is 0 Å². The molecule has 1 amide bonds. The highest BCUT2D eigenvalue weighted by atomic mass is 16.2. The lowest BCUT2D eigenvalue weighted by atomic mass is 9.99. The maximum absolute atomic E-state index is 11.7. The van der Waals surface area contributed by atoms with Crippen molar-refractivity contribution in [2.75, 3.05) is 13.1 Å². The zero-order valence-corrected chi connectivity index (χ0v) is 9.79. The first-order valence-corrected chi connectivity index (χ1v) is 5.95. The summed E-state index contributed by atoms with van der Waals surface area (Å²) in [6, 6.07) is 0. The molecule has 0 aromatic carbocycles. The predicted octanol–water partition coefficient (Wildman–Crippen LogP) is 2.00. The molecule has 0 spiro atoms. The molecule has 0 aromatic heterocycles. The summed E-state index contributed by atoms with van der Waals surface area (Å²) in [5, 5.41) is 0. The quantitative estimate of drug-likeness (QED) is 0.697. The summed E-state index contributed by atoms with van der Waals surface area (Å²) in [6.45, 7) is 5.51. The van der Waals surface area contributed by atoms with Gasteiger partial charge in [-0.25, -0.2) is 0 Å². The maximum Gasteiger partial charge on any atom is 0.225 e. The number of Topliss-reactive ketones (excluding diaryl/α,β-unsaturated/α-hetero) is 1. The molecule has 0 saturated carbocycles. The second-order valence-electron chi connectivity index (χ2n) is 4.36. The highest BCUT2D eigenvalue weighted by molar-refractivity contribution is 5.79. The van der Waals surface area contributed by atoms with Gasteiger partial charge >= 0.3 is 0 Å². The zero-order chi connectivity index (χ0) is 11.3. The van der Waals surface area contributed by atoms with Gasteiger partial charge in [0.2, 0.25) is 5.91 Å². The van der Waals surface area contributed by atoms with Crippen LogP contribution in [0.15, 0.2) is 0 Å². The van der Waals surface area contributed by atoms with Crippen LogP contribution in [0.3, 0.4) is 0 Å². The Morgan fingerprint density at radius 1 is 1.53 bits per heavy atom. The van der Waals surface area contributed by atoms with E-state index in [2.05, 4.69) is 0 Å². The Morgan fingerprint density at radius 3 is 2.93 bits per heavy atom. The van der Waals surface area contributed by atoms with E-state index < -0.39 is 0 Å². The predicted molar refractivity (Wildman–Crippen MR) is 59.5 cm³/mol. The van der Waals surface area contributed by atoms with Crippen LogP contribution in [0.4, 0.5) is 0 Å². The SMILES string of the molecule is CCC(=O)CCCN1CCCC(C)C1=O. The summed E-state index contributed by atoms with van der Waals surface area (Å²) in [7, 11) is 0. The molecule has 86 valence electrons. The van der Waals surface area contributed by atoms with Gasteiger partial charge in [-0.15, -0.1) is 0 Å². The lowest BCUT2D eigenvalue weighted by Crippen LogP contribution is -2.40. The number of nitrogens with zero attached hydrogens (tertiary/aromatic N) is 1. The number of hydrogen-bond donors (Lipinski definition) is 0. The Labute approximate surface area is 91.8 Å². The van der Waals surface area contributed by atoms with Gasteiger partial charge < -0.3 is 4.90 Å². The molecule has 1 fully saturated rings. The van der Waals surface area contributed by atoms with E-state index in [1.165, 1.54) is 0 Å². The van der Waals surface area contributed by atoms with Crippen LogP contribution in [0.25, 0.3) is 0 Å². The van der Waals surface area contributed by atoms with Gasteiger partial charge in [0.1, 0.15) is 5.78 Å². The third-order valence-electron chi connectivity index (χ3n) is 3.08. The molecule has 1 rings (SSSR count). The van der Waals surface area contributed by atoms with E-state index in [0.29, 0.717) is 18.6 Å². The van der Waals surface area contributed by atoms with Crippen LogP contribution >= 0.6 is 0 Å². The van der Waals surface area contributed by atoms with Crippen LogP contribution in [0.2, 0.25) is 0 Å². The van der Waals surface area contributed by atoms with Crippen molar-refractivity contribution in [3.05, 3.63) is 0 Å². The van der Waals surface area contributed by atoms with E-state index in [0.717, 1.165) is 32.4 Å². The normalized spacial score (nSPS) is 21.9. The van der Waals surface area contributed by atoms with Crippen LogP contribution in [-0.2, 0) is 9.59 Å². The van der Waals surface area contributed by atoms with Crippen molar-refractivity contribution in [2.45, 2.75) is 46.0 Å². The largest absolute Gasteiger partial charge is 0.342 e. The number of rotatable bonds is 5. The van der Waals surface area contributed by atoms with Crippen molar-refractivity contribution < 1.29 is 9.59 Å². The second-order valence-corrected chi connectivity index (χ2v) is 4.36. The maximum atomic E-state index is 11.7. The first kappa shape index (κ1) is 12.2. The van der Waals surface area contributed by atoms with Crippen molar-refractivity contribution in [2.24, 2.45) is 5.92 Å². The van der Waals surface area contributed by atoms with Gasteiger partial charge in [-0.3, -0.25) is 9.59 Å². The molecular weight excluding hydrogens is 190 g/mol. The Kier molecular flexibility index (Phi) is 4.79. The minimum Gasteiger partial charge on any atom is -0.342 e. The first-order valence-electron chi connectivity index (χ1n) is 5.95. The minimum atomic E-state index is 0.181. The number of piperidine rings is 1. The van der Waals surface area contributed by atoms with Crippen molar-refractivity contribution in [3.63, 3.8) is 0 Å². The van der Waals surface area contributed by atoms with Crippen LogP contribution < -0.4 is 0 Å². The molecule has 3 heteroatoms. The lowest BCUT2D eigenvalue weighted by Gasteiger charge is -2.30. The number of carbonyl (C=O) groups excluding carboxylic acids is 2. The molecule has 1 aliphatic rings. The average molecular weight is 211 g/mol. The fraction of sp³-hybridized carbons (Fsp3) is 0.833. The fourth-order valence-corrected chi connectivity index (χ4v) is 2.00. The van der Waals surface area contributed by atoms with Crippen molar-refractivity contribution in [3.8, 4) is 0 Å². The number of likely N-dealkylation sites (tertiary alicyclic amines) is 1. The molecule has 0 radical (unpaired) electrons. The first-order chi connectivity index (χ1) is 7.15. The van der Waals surface area contributed by atoms with Crippen LogP contribution in [0.1, 0.15) is 46.0 Å². The molecule has 15 heavy (non-hydrogen) atoms. The third-order valence-corrected chi connectivity index (χ3v) is 3.08. The summed E-state index contributed by atoms with van der Waals surface area (Å²) in [5.41, 5.74) is 0. The van der Waals surface area contributed by atoms with Gasteiger partial charge in [-0.1, -0.05) is 13.8 Å². The zero-order valence-electron chi connectivity index (χ0n) is 9.79. The smallest absolute Gasteiger partial charge is 0.225 e. The van der Waals surface area contributed by atoms with Crippen molar-refractivity contribution >= 4 is 11.7 Å². The van der Waals surface area contributed by atoms with Gasteiger partial charge in [0, 0.05) is 31.8 Å². The molecule has 1 atom stereocenters. The molecule has 3 nitrogen and oxygen atoms in total. The van der Waals surface area contributed by atoms with Gasteiger partial charge in [-0.2, -0.15) is 0 Å². The molecule has 1 saturated heterocycles. The van der Waals surface area contributed by atoms with E-state index in [1.54, 1.807) is 0 Å². The Bertz CT molecular complexity index is 238. The average Bonchev–Trinajstić information content (AvgIpc) is 2.24. The highest BCUT2D eigenvalue weighted by Crippen LogP contribution is 2.17. The van der Waals surface area contributed by atoms with Gasteiger partial charge in [0.25, 0.3) is 0 Å². The summed E-state index contributed by atoms with van der Waals surface area (Å²) < 4.78 is 0. The highest BCUT2D eigenvalue weighted by Gasteiger charge is 2.24. The van der Waals surface area contributed by atoms with Gasteiger partial charge in [-0.05, 0) is 19.3 Å². The summed E-state index contributed by atoms with van der Waals surface area (Å²) >= 11 is 0. The standard InChI is InChI=1S/C12H21NO2/c1-3-11(14)7-5-9-13-8-4-6-10(2)12(13)15/h10H,3-9H2,1-2H3. The van der Waals surface area contributed by atoms with E-state index in [4.69, 9.17) is 0 Å². The fourth-order valence-electron chi connectivity index (χ4n) is 2.00. The number of hydrogen-bond acceptors (Lipinski definition) is 2. The molecular formula is C12H21NO2. The Hall–Kier alpha value is -0.860. The van der Waals surface area contributed by atoms with Gasteiger partial charge in [0.15, 0.2) is 0 Å².